The number of likely N-dealkylation sites (N-methyl/N-ethyl adjacent to an activating group) is 1. The molecule has 0 aromatic rings. The Hall–Kier alpha value is -0.440. The molecule has 8 heteroatoms. The van der Waals surface area contributed by atoms with E-state index >= 15 is 0 Å². The highest BCUT2D eigenvalue weighted by molar-refractivity contribution is 8.76. The lowest BCUT2D eigenvalue weighted by molar-refractivity contribution is -0.122. The van der Waals surface area contributed by atoms with Crippen LogP contribution in [0.2, 0.25) is 0 Å². The number of amides is 2. The van der Waals surface area contributed by atoms with Crippen molar-refractivity contribution in [2.45, 2.75) is 117 Å². The number of hydrogen-bond donors (Lipinski definition) is 4. The van der Waals surface area contributed by atoms with E-state index in [0.29, 0.717) is 24.6 Å². The van der Waals surface area contributed by atoms with Crippen molar-refractivity contribution in [1.29, 1.82) is 0 Å². The van der Waals surface area contributed by atoms with Gasteiger partial charge in [0.15, 0.2) is 0 Å². The summed E-state index contributed by atoms with van der Waals surface area (Å²) in [6, 6.07) is -1.05. The van der Waals surface area contributed by atoms with Gasteiger partial charge in [-0.15, -0.1) is 0 Å². The molecule has 0 aliphatic rings. The van der Waals surface area contributed by atoms with Gasteiger partial charge in [-0.2, -0.15) is 0 Å². The number of rotatable bonds is 20. The van der Waals surface area contributed by atoms with E-state index in [-0.39, 0.29) is 11.8 Å². The molecule has 2 amide bonds. The maximum Gasteiger partial charge on any atom is 0.237 e. The van der Waals surface area contributed by atoms with Crippen molar-refractivity contribution in [1.82, 2.24) is 10.6 Å². The molecule has 192 valence electrons. The third kappa shape index (κ3) is 24.2. The van der Waals surface area contributed by atoms with Crippen LogP contribution in [0, 0.1) is 0 Å². The van der Waals surface area contributed by atoms with E-state index in [1.807, 2.05) is 6.92 Å². The third-order valence-electron chi connectivity index (χ3n) is 4.89. The summed E-state index contributed by atoms with van der Waals surface area (Å²) in [5.41, 5.74) is 11.6. The molecule has 0 unspecified atom stereocenters. The Morgan fingerprint density at radius 3 is 1.41 bits per heavy atom. The first-order valence-corrected chi connectivity index (χ1v) is 15.2. The summed E-state index contributed by atoms with van der Waals surface area (Å²) < 4.78 is 0. The van der Waals surface area contributed by atoms with E-state index in [2.05, 4.69) is 31.4 Å². The average molecular weight is 493 g/mol. The fourth-order valence-corrected chi connectivity index (χ4v) is 5.05. The largest absolute Gasteiger partial charge is 0.355 e. The molecule has 0 rings (SSSR count). The molecule has 0 saturated carbocycles. The van der Waals surface area contributed by atoms with Gasteiger partial charge in [-0.3, -0.25) is 9.59 Å². The molecule has 0 aliphatic heterocycles. The summed E-state index contributed by atoms with van der Waals surface area (Å²) in [4.78, 5) is 23.3. The van der Waals surface area contributed by atoms with Crippen molar-refractivity contribution < 1.29 is 9.59 Å². The van der Waals surface area contributed by atoms with E-state index < -0.39 is 12.1 Å². The Morgan fingerprint density at radius 2 is 1.00 bits per heavy atom. The Morgan fingerprint density at radius 1 is 0.625 bits per heavy atom. The van der Waals surface area contributed by atoms with Gasteiger partial charge in [0.05, 0.1) is 12.1 Å². The summed E-state index contributed by atoms with van der Waals surface area (Å²) in [5, 5.41) is 5.57. The van der Waals surface area contributed by atoms with E-state index in [1.54, 1.807) is 0 Å². The molecule has 0 bridgehead atoms. The number of carbonyl (C=O) groups is 2. The van der Waals surface area contributed by atoms with E-state index in [1.165, 1.54) is 85.8 Å². The summed E-state index contributed by atoms with van der Waals surface area (Å²) in [5.74, 6) is 0.758. The minimum Gasteiger partial charge on any atom is -0.355 e. The van der Waals surface area contributed by atoms with Crippen LogP contribution in [0.4, 0.5) is 0 Å². The quantitative estimate of drug-likeness (QED) is 0.141. The SMILES string of the molecule is CCCCCCCC.CCCCCCCCNC(=O)[C@@H](N)CSSC[C@H](N)C(=O)NCC. The fraction of sp³-hybridized carbons (Fsp3) is 0.917. The molecule has 6 nitrogen and oxygen atoms in total. The molecule has 0 heterocycles. The highest BCUT2D eigenvalue weighted by atomic mass is 33.1. The molecule has 0 radical (unpaired) electrons. The van der Waals surface area contributed by atoms with Crippen molar-refractivity contribution in [2.24, 2.45) is 11.5 Å². The second-order valence-corrected chi connectivity index (χ2v) is 10.7. The number of carbonyl (C=O) groups excluding carboxylic acids is 2. The van der Waals surface area contributed by atoms with Gasteiger partial charge in [-0.05, 0) is 13.3 Å². The lowest BCUT2D eigenvalue weighted by atomic mass is 10.1. The summed E-state index contributed by atoms with van der Waals surface area (Å²) in [7, 11) is 2.95. The standard InChI is InChI=1S/C16H34N4O2S2.C8H18/c1-3-5-6-7-8-9-10-20-16(22)14(18)12-24-23-11-13(17)15(21)19-4-2;1-3-5-7-8-6-4-2/h13-14H,3-12,17-18H2,1-2H3,(H,19,21)(H,20,22);3-8H2,1-2H3/t13-,14-;/m0./s1. The first kappa shape index (κ1) is 33.7. The number of hydrogen-bond acceptors (Lipinski definition) is 6. The van der Waals surface area contributed by atoms with Crippen molar-refractivity contribution in [3.8, 4) is 0 Å². The first-order chi connectivity index (χ1) is 15.4. The van der Waals surface area contributed by atoms with Crippen molar-refractivity contribution >= 4 is 33.4 Å². The highest BCUT2D eigenvalue weighted by Gasteiger charge is 2.15. The van der Waals surface area contributed by atoms with Crippen LogP contribution in [0.25, 0.3) is 0 Å². The highest BCUT2D eigenvalue weighted by Crippen LogP contribution is 2.22. The number of unbranched alkanes of at least 4 members (excludes halogenated alkanes) is 10. The molecule has 6 N–H and O–H groups in total. The lowest BCUT2D eigenvalue weighted by Crippen LogP contribution is -2.43. The summed E-state index contributed by atoms with van der Waals surface area (Å²) in [6.07, 6.45) is 15.7. The Bertz CT molecular complexity index is 423. The second kappa shape index (κ2) is 26.8. The van der Waals surface area contributed by atoms with Crippen molar-refractivity contribution in [3.63, 3.8) is 0 Å². The van der Waals surface area contributed by atoms with Gasteiger partial charge in [0.2, 0.25) is 11.8 Å². The smallest absolute Gasteiger partial charge is 0.237 e. The topological polar surface area (TPSA) is 110 Å². The normalized spacial score (nSPS) is 12.4. The van der Waals surface area contributed by atoms with E-state index in [9.17, 15) is 9.59 Å². The molecular weight excluding hydrogens is 440 g/mol. The van der Waals surface area contributed by atoms with Crippen LogP contribution in [-0.2, 0) is 9.59 Å². The molecule has 0 aromatic heterocycles. The maximum absolute atomic E-state index is 11.9. The zero-order valence-electron chi connectivity index (χ0n) is 21.3. The van der Waals surface area contributed by atoms with E-state index in [4.69, 9.17) is 11.5 Å². The van der Waals surface area contributed by atoms with Crippen molar-refractivity contribution in [3.05, 3.63) is 0 Å². The maximum atomic E-state index is 11.9. The lowest BCUT2D eigenvalue weighted by Gasteiger charge is -2.13. The predicted molar refractivity (Wildman–Crippen MR) is 145 cm³/mol. The van der Waals surface area contributed by atoms with Gasteiger partial charge in [0.25, 0.3) is 0 Å². The Kier molecular flexibility index (Phi) is 28.3. The molecule has 0 aliphatic carbocycles. The molecule has 0 spiro atoms. The predicted octanol–water partition coefficient (Wildman–Crippen LogP) is 5.00. The zero-order chi connectivity index (χ0) is 24.5. The minimum absolute atomic E-state index is 0.107. The molecule has 32 heavy (non-hydrogen) atoms. The van der Waals surface area contributed by atoms with Crippen LogP contribution < -0.4 is 22.1 Å². The molecule has 0 aromatic carbocycles. The number of nitrogens with one attached hydrogen (secondary N) is 2. The summed E-state index contributed by atoms with van der Waals surface area (Å²) in [6.45, 7) is 9.84. The minimum atomic E-state index is -0.528. The van der Waals surface area contributed by atoms with Crippen molar-refractivity contribution in [2.75, 3.05) is 24.6 Å². The van der Waals surface area contributed by atoms with Crippen LogP contribution in [0.3, 0.4) is 0 Å². The Balaban J connectivity index is 0. The van der Waals surface area contributed by atoms with Gasteiger partial charge in [0.1, 0.15) is 0 Å². The molecule has 0 saturated heterocycles. The van der Waals surface area contributed by atoms with Gasteiger partial charge >= 0.3 is 0 Å². The van der Waals surface area contributed by atoms with Gasteiger partial charge in [-0.1, -0.05) is 113 Å². The first-order valence-electron chi connectivity index (χ1n) is 12.7. The molecule has 0 fully saturated rings. The number of nitrogens with two attached hydrogens (primary N) is 2. The fourth-order valence-electron chi connectivity index (χ4n) is 2.80. The van der Waals surface area contributed by atoms with Crippen LogP contribution in [0.15, 0.2) is 0 Å². The van der Waals surface area contributed by atoms with Crippen LogP contribution >= 0.6 is 21.6 Å². The van der Waals surface area contributed by atoms with Crippen LogP contribution in [0.1, 0.15) is 105 Å². The Labute approximate surface area is 206 Å². The average Bonchev–Trinajstić information content (AvgIpc) is 2.79. The monoisotopic (exact) mass is 492 g/mol. The third-order valence-corrected chi connectivity index (χ3v) is 7.36. The van der Waals surface area contributed by atoms with Gasteiger partial charge in [0, 0.05) is 24.6 Å². The summed E-state index contributed by atoms with van der Waals surface area (Å²) >= 11 is 0. The van der Waals surface area contributed by atoms with Crippen LogP contribution in [0.5, 0.6) is 0 Å². The van der Waals surface area contributed by atoms with Gasteiger partial charge < -0.3 is 22.1 Å². The van der Waals surface area contributed by atoms with Gasteiger partial charge in [-0.25, -0.2) is 0 Å². The van der Waals surface area contributed by atoms with Crippen LogP contribution in [-0.4, -0.2) is 48.5 Å². The molecule has 2 atom stereocenters. The molecular formula is C24H52N4O2S2. The zero-order valence-corrected chi connectivity index (χ0v) is 22.9. The second-order valence-electron chi connectivity index (χ2n) is 8.15. The van der Waals surface area contributed by atoms with E-state index in [0.717, 1.165) is 12.8 Å².